The fourth-order valence-corrected chi connectivity index (χ4v) is 3.02. The van der Waals surface area contributed by atoms with Gasteiger partial charge in [-0.3, -0.25) is 4.79 Å². The average Bonchev–Trinajstić information content (AvgIpc) is 2.57. The first kappa shape index (κ1) is 14.3. The van der Waals surface area contributed by atoms with E-state index in [1.807, 2.05) is 12.1 Å². The number of carbonyl (C=O) groups is 1. The maximum atomic E-state index is 12.3. The van der Waals surface area contributed by atoms with Crippen molar-refractivity contribution in [1.29, 1.82) is 0 Å². The predicted octanol–water partition coefficient (Wildman–Crippen LogP) is 1.98. The molecule has 21 heavy (non-hydrogen) atoms. The van der Waals surface area contributed by atoms with Gasteiger partial charge in [-0.15, -0.1) is 0 Å². The van der Waals surface area contributed by atoms with Crippen molar-refractivity contribution in [2.75, 3.05) is 31.2 Å². The van der Waals surface area contributed by atoms with Crippen molar-refractivity contribution in [3.05, 3.63) is 23.9 Å². The number of ether oxygens (including phenoxy) is 1. The molecule has 1 aliphatic carbocycles. The molecule has 1 aromatic heterocycles. The number of nitrogens with one attached hydrogen (secondary N) is 1. The van der Waals surface area contributed by atoms with Crippen LogP contribution in [0.4, 0.5) is 5.82 Å². The molecule has 1 amide bonds. The van der Waals surface area contributed by atoms with E-state index in [0.29, 0.717) is 11.7 Å². The van der Waals surface area contributed by atoms with Crippen molar-refractivity contribution in [2.24, 2.45) is 0 Å². The minimum Gasteiger partial charge on any atom is -0.378 e. The first-order valence-corrected chi connectivity index (χ1v) is 7.93. The van der Waals surface area contributed by atoms with E-state index >= 15 is 0 Å². The van der Waals surface area contributed by atoms with Gasteiger partial charge in [-0.2, -0.15) is 0 Å². The number of hydrogen-bond donors (Lipinski definition) is 1. The molecule has 2 heterocycles. The molecule has 0 aromatic carbocycles. The van der Waals surface area contributed by atoms with Crippen LogP contribution in [0.25, 0.3) is 0 Å². The van der Waals surface area contributed by atoms with Crippen molar-refractivity contribution in [3.8, 4) is 0 Å². The zero-order valence-corrected chi connectivity index (χ0v) is 12.4. The Morgan fingerprint density at radius 1 is 1.19 bits per heavy atom. The number of amides is 1. The quantitative estimate of drug-likeness (QED) is 0.924. The predicted molar refractivity (Wildman–Crippen MR) is 81.6 cm³/mol. The molecular formula is C16H23N3O2. The molecule has 0 spiro atoms. The highest BCUT2D eigenvalue weighted by Crippen LogP contribution is 2.18. The van der Waals surface area contributed by atoms with E-state index in [1.54, 1.807) is 6.07 Å². The van der Waals surface area contributed by atoms with E-state index in [2.05, 4.69) is 15.2 Å². The second-order valence-electron chi connectivity index (χ2n) is 5.79. The summed E-state index contributed by atoms with van der Waals surface area (Å²) in [6.45, 7) is 3.11. The summed E-state index contributed by atoms with van der Waals surface area (Å²) in [5.41, 5.74) is 0.518. The van der Waals surface area contributed by atoms with Crippen LogP contribution in [-0.4, -0.2) is 43.2 Å². The van der Waals surface area contributed by atoms with Gasteiger partial charge in [0, 0.05) is 19.1 Å². The summed E-state index contributed by atoms with van der Waals surface area (Å²) in [6.07, 6.45) is 5.90. The Hall–Kier alpha value is -1.62. The molecule has 114 valence electrons. The van der Waals surface area contributed by atoms with Gasteiger partial charge in [0.2, 0.25) is 0 Å². The minimum atomic E-state index is -0.0444. The van der Waals surface area contributed by atoms with Crippen molar-refractivity contribution in [3.63, 3.8) is 0 Å². The SMILES string of the molecule is O=C(NC1CCCCC1)c1cccc(N2CCOCC2)n1. The Morgan fingerprint density at radius 3 is 2.71 bits per heavy atom. The van der Waals surface area contributed by atoms with Gasteiger partial charge in [0.05, 0.1) is 13.2 Å². The van der Waals surface area contributed by atoms with Crippen LogP contribution in [0.1, 0.15) is 42.6 Å². The molecular weight excluding hydrogens is 266 g/mol. The summed E-state index contributed by atoms with van der Waals surface area (Å²) in [4.78, 5) is 19.0. The van der Waals surface area contributed by atoms with Crippen LogP contribution in [-0.2, 0) is 4.74 Å². The maximum Gasteiger partial charge on any atom is 0.270 e. The molecule has 0 radical (unpaired) electrons. The lowest BCUT2D eigenvalue weighted by atomic mass is 9.95. The summed E-state index contributed by atoms with van der Waals surface area (Å²) in [6, 6.07) is 5.98. The summed E-state index contributed by atoms with van der Waals surface area (Å²) in [5, 5.41) is 3.12. The van der Waals surface area contributed by atoms with E-state index in [4.69, 9.17) is 4.74 Å². The van der Waals surface area contributed by atoms with Crippen LogP contribution < -0.4 is 10.2 Å². The number of pyridine rings is 1. The third-order valence-electron chi connectivity index (χ3n) is 4.24. The summed E-state index contributed by atoms with van der Waals surface area (Å²) in [7, 11) is 0. The Bertz CT molecular complexity index is 480. The van der Waals surface area contributed by atoms with Crippen LogP contribution in [0.3, 0.4) is 0 Å². The third kappa shape index (κ3) is 3.73. The topological polar surface area (TPSA) is 54.5 Å². The van der Waals surface area contributed by atoms with Gasteiger partial charge >= 0.3 is 0 Å². The first-order valence-electron chi connectivity index (χ1n) is 7.93. The lowest BCUT2D eigenvalue weighted by molar-refractivity contribution is 0.0922. The average molecular weight is 289 g/mol. The largest absolute Gasteiger partial charge is 0.378 e. The van der Waals surface area contributed by atoms with Crippen LogP contribution in [0.5, 0.6) is 0 Å². The fourth-order valence-electron chi connectivity index (χ4n) is 3.02. The van der Waals surface area contributed by atoms with Crippen molar-refractivity contribution < 1.29 is 9.53 Å². The Morgan fingerprint density at radius 2 is 1.95 bits per heavy atom. The van der Waals surface area contributed by atoms with Crippen LogP contribution in [0, 0.1) is 0 Å². The second kappa shape index (κ2) is 6.89. The fraction of sp³-hybridized carbons (Fsp3) is 0.625. The first-order chi connectivity index (χ1) is 10.3. The number of hydrogen-bond acceptors (Lipinski definition) is 4. The van der Waals surface area contributed by atoms with Gasteiger partial charge in [0.25, 0.3) is 5.91 Å². The third-order valence-corrected chi connectivity index (χ3v) is 4.24. The van der Waals surface area contributed by atoms with Gasteiger partial charge in [0.1, 0.15) is 11.5 Å². The zero-order chi connectivity index (χ0) is 14.5. The molecule has 0 unspecified atom stereocenters. The van der Waals surface area contributed by atoms with Gasteiger partial charge in [-0.05, 0) is 25.0 Å². The monoisotopic (exact) mass is 289 g/mol. The Labute approximate surface area is 125 Å². The molecule has 1 aromatic rings. The Balaban J connectivity index is 1.65. The molecule has 1 N–H and O–H groups in total. The summed E-state index contributed by atoms with van der Waals surface area (Å²) in [5.74, 6) is 0.826. The number of morpholine rings is 1. The maximum absolute atomic E-state index is 12.3. The highest BCUT2D eigenvalue weighted by molar-refractivity contribution is 5.92. The molecule has 0 atom stereocenters. The standard InChI is InChI=1S/C16H23N3O2/c20-16(17-13-5-2-1-3-6-13)14-7-4-8-15(18-14)19-9-11-21-12-10-19/h4,7-8,13H,1-3,5-6,9-12H2,(H,17,20). The molecule has 2 fully saturated rings. The molecule has 1 saturated carbocycles. The van der Waals surface area contributed by atoms with Crippen LogP contribution in [0.15, 0.2) is 18.2 Å². The van der Waals surface area contributed by atoms with Crippen LogP contribution in [0.2, 0.25) is 0 Å². The highest BCUT2D eigenvalue weighted by atomic mass is 16.5. The Kier molecular flexibility index (Phi) is 4.70. The lowest BCUT2D eigenvalue weighted by Gasteiger charge is -2.28. The van der Waals surface area contributed by atoms with Crippen molar-refractivity contribution in [1.82, 2.24) is 10.3 Å². The van der Waals surface area contributed by atoms with Gasteiger partial charge < -0.3 is 15.0 Å². The lowest BCUT2D eigenvalue weighted by Crippen LogP contribution is -2.38. The van der Waals surface area contributed by atoms with E-state index in [0.717, 1.165) is 45.0 Å². The number of nitrogens with zero attached hydrogens (tertiary/aromatic N) is 2. The van der Waals surface area contributed by atoms with Gasteiger partial charge in [-0.25, -0.2) is 4.98 Å². The molecule has 1 saturated heterocycles. The number of rotatable bonds is 3. The van der Waals surface area contributed by atoms with E-state index in [9.17, 15) is 4.79 Å². The van der Waals surface area contributed by atoms with Crippen LogP contribution >= 0.6 is 0 Å². The molecule has 0 bridgehead atoms. The minimum absolute atomic E-state index is 0.0444. The number of aromatic nitrogens is 1. The summed E-state index contributed by atoms with van der Waals surface area (Å²) >= 11 is 0. The smallest absolute Gasteiger partial charge is 0.270 e. The highest BCUT2D eigenvalue weighted by Gasteiger charge is 2.19. The molecule has 5 nitrogen and oxygen atoms in total. The van der Waals surface area contributed by atoms with Gasteiger partial charge in [-0.1, -0.05) is 25.3 Å². The zero-order valence-electron chi connectivity index (χ0n) is 12.4. The normalized spacial score (nSPS) is 20.3. The number of carbonyl (C=O) groups excluding carboxylic acids is 1. The number of anilines is 1. The molecule has 3 rings (SSSR count). The van der Waals surface area contributed by atoms with E-state index in [1.165, 1.54) is 19.3 Å². The summed E-state index contributed by atoms with van der Waals surface area (Å²) < 4.78 is 5.35. The molecule has 2 aliphatic rings. The van der Waals surface area contributed by atoms with Gasteiger partial charge in [0.15, 0.2) is 0 Å². The van der Waals surface area contributed by atoms with Crippen molar-refractivity contribution in [2.45, 2.75) is 38.1 Å². The van der Waals surface area contributed by atoms with E-state index < -0.39 is 0 Å². The van der Waals surface area contributed by atoms with Crippen molar-refractivity contribution >= 4 is 11.7 Å². The molecule has 5 heteroatoms. The molecule has 1 aliphatic heterocycles. The second-order valence-corrected chi connectivity index (χ2v) is 5.79. The van der Waals surface area contributed by atoms with E-state index in [-0.39, 0.29) is 5.91 Å².